The van der Waals surface area contributed by atoms with Crippen LogP contribution < -0.4 is 0 Å². The second-order valence-electron chi connectivity index (χ2n) is 4.01. The molecule has 15 heavy (non-hydrogen) atoms. The molecular formula is C10H16N2O3. The second kappa shape index (κ2) is 4.02. The SMILES string of the molecule is Cc1ncoc1C(C)(CC(=O)O)N(C)C. The number of nitrogens with zero attached hydrogens (tertiary/aromatic N) is 2. The van der Waals surface area contributed by atoms with E-state index in [0.29, 0.717) is 5.76 Å². The molecule has 0 spiro atoms. The first-order chi connectivity index (χ1) is 6.88. The molecule has 5 nitrogen and oxygen atoms in total. The number of rotatable bonds is 4. The summed E-state index contributed by atoms with van der Waals surface area (Å²) in [5.41, 5.74) is 0.0688. The number of carbonyl (C=O) groups is 1. The van der Waals surface area contributed by atoms with Crippen LogP contribution in [0.3, 0.4) is 0 Å². The first-order valence-corrected chi connectivity index (χ1v) is 4.67. The standard InChI is InChI=1S/C10H16N2O3/c1-7-9(15-6-11-7)10(2,12(3)4)5-8(13)14/h6H,5H2,1-4H3,(H,13,14). The molecule has 1 aromatic heterocycles. The Hall–Kier alpha value is -1.36. The summed E-state index contributed by atoms with van der Waals surface area (Å²) in [5, 5.41) is 8.90. The molecule has 0 aliphatic rings. The zero-order chi connectivity index (χ0) is 11.6. The Kier molecular flexibility index (Phi) is 3.14. The van der Waals surface area contributed by atoms with Crippen molar-refractivity contribution in [1.29, 1.82) is 0 Å². The Morgan fingerprint density at radius 2 is 2.27 bits per heavy atom. The van der Waals surface area contributed by atoms with E-state index in [1.165, 1.54) is 6.39 Å². The maximum absolute atomic E-state index is 10.8. The summed E-state index contributed by atoms with van der Waals surface area (Å²) in [6.45, 7) is 3.64. The van der Waals surface area contributed by atoms with Crippen molar-refractivity contribution in [2.75, 3.05) is 14.1 Å². The van der Waals surface area contributed by atoms with E-state index in [4.69, 9.17) is 9.52 Å². The molecule has 0 radical (unpaired) electrons. The summed E-state index contributed by atoms with van der Waals surface area (Å²) >= 11 is 0. The Labute approximate surface area is 88.7 Å². The van der Waals surface area contributed by atoms with Crippen LogP contribution in [0.15, 0.2) is 10.8 Å². The topological polar surface area (TPSA) is 66.6 Å². The second-order valence-corrected chi connectivity index (χ2v) is 4.01. The van der Waals surface area contributed by atoms with Gasteiger partial charge in [0.2, 0.25) is 0 Å². The van der Waals surface area contributed by atoms with Gasteiger partial charge >= 0.3 is 5.97 Å². The van der Waals surface area contributed by atoms with Gasteiger partial charge < -0.3 is 9.52 Å². The van der Waals surface area contributed by atoms with E-state index < -0.39 is 11.5 Å². The quantitative estimate of drug-likeness (QED) is 0.813. The third-order valence-corrected chi connectivity index (χ3v) is 2.72. The molecule has 1 aromatic rings. The van der Waals surface area contributed by atoms with Gasteiger partial charge in [-0.15, -0.1) is 0 Å². The Balaban J connectivity index is 3.12. The molecule has 0 aliphatic carbocycles. The molecule has 0 aliphatic heterocycles. The van der Waals surface area contributed by atoms with Crippen molar-refractivity contribution in [3.63, 3.8) is 0 Å². The Morgan fingerprint density at radius 1 is 1.67 bits per heavy atom. The van der Waals surface area contributed by atoms with E-state index in [2.05, 4.69) is 4.98 Å². The van der Waals surface area contributed by atoms with E-state index in [1.807, 2.05) is 32.8 Å². The first-order valence-electron chi connectivity index (χ1n) is 4.67. The van der Waals surface area contributed by atoms with Crippen LogP contribution in [0.2, 0.25) is 0 Å². The monoisotopic (exact) mass is 212 g/mol. The van der Waals surface area contributed by atoms with Gasteiger partial charge in [-0.05, 0) is 27.9 Å². The van der Waals surface area contributed by atoms with Gasteiger partial charge in [0, 0.05) is 0 Å². The molecule has 1 N–H and O–H groups in total. The van der Waals surface area contributed by atoms with Crippen LogP contribution in [-0.4, -0.2) is 35.1 Å². The van der Waals surface area contributed by atoms with Crippen molar-refractivity contribution in [2.24, 2.45) is 0 Å². The van der Waals surface area contributed by atoms with Crippen molar-refractivity contribution in [3.05, 3.63) is 17.8 Å². The van der Waals surface area contributed by atoms with Crippen LogP contribution in [0.25, 0.3) is 0 Å². The lowest BCUT2D eigenvalue weighted by atomic mass is 9.92. The molecule has 0 bridgehead atoms. The fourth-order valence-corrected chi connectivity index (χ4v) is 1.55. The summed E-state index contributed by atoms with van der Waals surface area (Å²) in [6.07, 6.45) is 1.32. The van der Waals surface area contributed by atoms with Gasteiger partial charge in [0.1, 0.15) is 5.76 Å². The van der Waals surface area contributed by atoms with Gasteiger partial charge in [-0.1, -0.05) is 0 Å². The average Bonchev–Trinajstić information content (AvgIpc) is 2.49. The number of carboxylic acid groups (broad SMARTS) is 1. The molecule has 5 heteroatoms. The zero-order valence-corrected chi connectivity index (χ0v) is 9.44. The highest BCUT2D eigenvalue weighted by molar-refractivity contribution is 5.68. The number of aliphatic carboxylic acids is 1. The number of hydrogen-bond acceptors (Lipinski definition) is 4. The van der Waals surface area contributed by atoms with Gasteiger partial charge in [-0.3, -0.25) is 9.69 Å². The summed E-state index contributed by atoms with van der Waals surface area (Å²) < 4.78 is 5.28. The number of oxazole rings is 1. The maximum atomic E-state index is 10.8. The predicted octanol–water partition coefficient (Wildman–Crippen LogP) is 1.23. The van der Waals surface area contributed by atoms with Crippen molar-refractivity contribution < 1.29 is 14.3 Å². The minimum Gasteiger partial charge on any atom is -0.481 e. The van der Waals surface area contributed by atoms with E-state index in [9.17, 15) is 4.79 Å². The van der Waals surface area contributed by atoms with Crippen LogP contribution in [0, 0.1) is 6.92 Å². The van der Waals surface area contributed by atoms with Crippen LogP contribution >= 0.6 is 0 Å². The number of carboxylic acids is 1. The van der Waals surface area contributed by atoms with Crippen molar-refractivity contribution in [1.82, 2.24) is 9.88 Å². The molecule has 0 saturated carbocycles. The lowest BCUT2D eigenvalue weighted by Crippen LogP contribution is -2.40. The highest BCUT2D eigenvalue weighted by Crippen LogP contribution is 2.31. The molecule has 0 aromatic carbocycles. The van der Waals surface area contributed by atoms with E-state index in [0.717, 1.165) is 5.69 Å². The largest absolute Gasteiger partial charge is 0.481 e. The van der Waals surface area contributed by atoms with Gasteiger partial charge in [-0.2, -0.15) is 0 Å². The molecule has 84 valence electrons. The van der Waals surface area contributed by atoms with Crippen LogP contribution in [0.4, 0.5) is 0 Å². The third-order valence-electron chi connectivity index (χ3n) is 2.72. The lowest BCUT2D eigenvalue weighted by Gasteiger charge is -2.33. The Bertz CT molecular complexity index is 359. The number of aryl methyl sites for hydroxylation is 1. The normalized spacial score (nSPS) is 15.3. The third kappa shape index (κ3) is 2.18. The molecule has 1 rings (SSSR count). The summed E-state index contributed by atoms with van der Waals surface area (Å²) in [5.74, 6) is -0.253. The van der Waals surface area contributed by atoms with Crippen molar-refractivity contribution in [2.45, 2.75) is 25.8 Å². The minimum atomic E-state index is -0.859. The number of aromatic nitrogens is 1. The van der Waals surface area contributed by atoms with Crippen LogP contribution in [0.5, 0.6) is 0 Å². The molecular weight excluding hydrogens is 196 g/mol. The van der Waals surface area contributed by atoms with E-state index >= 15 is 0 Å². The predicted molar refractivity (Wildman–Crippen MR) is 54.5 cm³/mol. The molecule has 0 amide bonds. The van der Waals surface area contributed by atoms with E-state index in [-0.39, 0.29) is 6.42 Å². The molecule has 0 saturated heterocycles. The van der Waals surface area contributed by atoms with Gasteiger partial charge in [0.05, 0.1) is 17.7 Å². The van der Waals surface area contributed by atoms with Crippen molar-refractivity contribution >= 4 is 5.97 Å². The first kappa shape index (κ1) is 11.7. The zero-order valence-electron chi connectivity index (χ0n) is 9.44. The fourth-order valence-electron chi connectivity index (χ4n) is 1.55. The maximum Gasteiger partial charge on any atom is 0.305 e. The highest BCUT2D eigenvalue weighted by Gasteiger charge is 2.36. The summed E-state index contributed by atoms with van der Waals surface area (Å²) in [6, 6.07) is 0. The smallest absolute Gasteiger partial charge is 0.305 e. The van der Waals surface area contributed by atoms with Gasteiger partial charge in [0.15, 0.2) is 6.39 Å². The summed E-state index contributed by atoms with van der Waals surface area (Å²) in [7, 11) is 3.65. The van der Waals surface area contributed by atoms with Gasteiger partial charge in [-0.25, -0.2) is 4.98 Å². The van der Waals surface area contributed by atoms with E-state index in [1.54, 1.807) is 0 Å². The van der Waals surface area contributed by atoms with Crippen LogP contribution in [-0.2, 0) is 10.3 Å². The number of hydrogen-bond donors (Lipinski definition) is 1. The minimum absolute atomic E-state index is 0.0178. The fraction of sp³-hybridized carbons (Fsp3) is 0.600. The highest BCUT2D eigenvalue weighted by atomic mass is 16.4. The molecule has 1 heterocycles. The molecule has 1 atom stereocenters. The average molecular weight is 212 g/mol. The molecule has 0 fully saturated rings. The van der Waals surface area contributed by atoms with Crippen LogP contribution in [0.1, 0.15) is 24.8 Å². The van der Waals surface area contributed by atoms with Gasteiger partial charge in [0.25, 0.3) is 0 Å². The Morgan fingerprint density at radius 3 is 2.60 bits per heavy atom. The van der Waals surface area contributed by atoms with Crippen molar-refractivity contribution in [3.8, 4) is 0 Å². The molecule has 1 unspecified atom stereocenters. The summed E-state index contributed by atoms with van der Waals surface area (Å²) in [4.78, 5) is 16.7. The lowest BCUT2D eigenvalue weighted by molar-refractivity contribution is -0.140.